The maximum absolute atomic E-state index is 2.49. The third-order valence-corrected chi connectivity index (χ3v) is 6.54. The molecule has 16 heavy (non-hydrogen) atoms. The zero-order chi connectivity index (χ0) is 12.2. The van der Waals surface area contributed by atoms with E-state index in [-0.39, 0.29) is 0 Å². The molecule has 1 fully saturated rings. The average Bonchev–Trinajstić information content (AvgIpc) is 2.34. The molecular formula is C16H28. The Balaban J connectivity index is 2.54. The predicted octanol–water partition coefficient (Wildman–Crippen LogP) is 5.34. The number of rotatable bonds is 0. The first-order valence-electron chi connectivity index (χ1n) is 6.96. The van der Waals surface area contributed by atoms with Crippen LogP contribution in [-0.2, 0) is 0 Å². The summed E-state index contributed by atoms with van der Waals surface area (Å²) in [7, 11) is 0. The lowest BCUT2D eigenvalue weighted by molar-refractivity contribution is -0.0196. The zero-order valence-electron chi connectivity index (χ0n) is 12.0. The lowest BCUT2D eigenvalue weighted by Crippen LogP contribution is -2.46. The maximum Gasteiger partial charge on any atom is -0.00801 e. The molecule has 0 aliphatic heterocycles. The molecule has 0 amide bonds. The Kier molecular flexibility index (Phi) is 2.57. The molecule has 2 aliphatic rings. The van der Waals surface area contributed by atoms with E-state index >= 15 is 0 Å². The summed E-state index contributed by atoms with van der Waals surface area (Å²) in [6.45, 7) is 14.7. The van der Waals surface area contributed by atoms with Crippen LogP contribution in [0.1, 0.15) is 73.6 Å². The summed E-state index contributed by atoms with van der Waals surface area (Å²) in [6.07, 6.45) is 7.19. The highest BCUT2D eigenvalue weighted by molar-refractivity contribution is 5.37. The lowest BCUT2D eigenvalue weighted by atomic mass is 9.50. The van der Waals surface area contributed by atoms with Gasteiger partial charge in [0.1, 0.15) is 0 Å². The Morgan fingerprint density at radius 3 is 1.44 bits per heavy atom. The summed E-state index contributed by atoms with van der Waals surface area (Å²) in [5, 5.41) is 0. The normalized spacial score (nSPS) is 31.1. The van der Waals surface area contributed by atoms with E-state index < -0.39 is 0 Å². The van der Waals surface area contributed by atoms with Crippen molar-refractivity contribution in [1.82, 2.24) is 0 Å². The van der Waals surface area contributed by atoms with E-state index in [4.69, 9.17) is 0 Å². The fourth-order valence-corrected chi connectivity index (χ4v) is 4.84. The van der Waals surface area contributed by atoms with E-state index in [1.54, 1.807) is 11.1 Å². The van der Waals surface area contributed by atoms with Gasteiger partial charge in [0, 0.05) is 0 Å². The predicted molar refractivity (Wildman–Crippen MR) is 71.5 cm³/mol. The summed E-state index contributed by atoms with van der Waals surface area (Å²) in [4.78, 5) is 0. The summed E-state index contributed by atoms with van der Waals surface area (Å²) in [5.41, 5.74) is 4.67. The van der Waals surface area contributed by atoms with Gasteiger partial charge in [-0.05, 0) is 42.9 Å². The highest BCUT2D eigenvalue weighted by Gasteiger charge is 2.60. The molecule has 0 heterocycles. The Bertz CT molecular complexity index is 296. The largest absolute Gasteiger partial charge is 0.0676 e. The molecule has 0 bridgehead atoms. The summed E-state index contributed by atoms with van der Waals surface area (Å²) >= 11 is 0. The van der Waals surface area contributed by atoms with Gasteiger partial charge < -0.3 is 0 Å². The molecule has 0 nitrogen and oxygen atoms in total. The van der Waals surface area contributed by atoms with Crippen LogP contribution in [0.5, 0.6) is 0 Å². The second-order valence-electron chi connectivity index (χ2n) is 7.14. The van der Waals surface area contributed by atoms with Crippen LogP contribution in [-0.4, -0.2) is 0 Å². The minimum absolute atomic E-state index is 0.404. The molecule has 0 aromatic heterocycles. The Hall–Kier alpha value is -0.260. The smallest absolute Gasteiger partial charge is 0.00801 e. The van der Waals surface area contributed by atoms with Crippen LogP contribution < -0.4 is 0 Å². The van der Waals surface area contributed by atoms with E-state index in [0.29, 0.717) is 16.2 Å². The number of hydrogen-bond acceptors (Lipinski definition) is 0. The summed E-state index contributed by atoms with van der Waals surface area (Å²) in [5.74, 6) is 0. The molecule has 0 saturated heterocycles. The molecule has 0 aromatic carbocycles. The minimum atomic E-state index is 0.404. The van der Waals surface area contributed by atoms with Crippen molar-refractivity contribution in [2.45, 2.75) is 73.6 Å². The van der Waals surface area contributed by atoms with Gasteiger partial charge in [0.05, 0.1) is 0 Å². The molecule has 0 aromatic rings. The number of hydrogen-bond donors (Lipinski definition) is 0. The van der Waals surface area contributed by atoms with Crippen LogP contribution >= 0.6 is 0 Å². The molecule has 1 saturated carbocycles. The molecule has 0 heteroatoms. The second kappa shape index (κ2) is 3.37. The topological polar surface area (TPSA) is 0 Å². The van der Waals surface area contributed by atoms with Gasteiger partial charge >= 0.3 is 0 Å². The van der Waals surface area contributed by atoms with Crippen LogP contribution in [0.2, 0.25) is 0 Å². The van der Waals surface area contributed by atoms with Crippen molar-refractivity contribution in [3.8, 4) is 0 Å². The third-order valence-electron chi connectivity index (χ3n) is 6.54. The van der Waals surface area contributed by atoms with Gasteiger partial charge in [0.15, 0.2) is 0 Å². The Morgan fingerprint density at radius 2 is 1.06 bits per heavy atom. The van der Waals surface area contributed by atoms with Gasteiger partial charge in [-0.2, -0.15) is 0 Å². The first kappa shape index (κ1) is 12.2. The fourth-order valence-electron chi connectivity index (χ4n) is 4.84. The molecule has 1 spiro atoms. The highest BCUT2D eigenvalue weighted by atomic mass is 14.6. The first-order valence-corrected chi connectivity index (χ1v) is 6.96. The van der Waals surface area contributed by atoms with Gasteiger partial charge in [-0.3, -0.25) is 0 Å². The van der Waals surface area contributed by atoms with E-state index in [1.807, 2.05) is 0 Å². The second-order valence-corrected chi connectivity index (χ2v) is 7.14. The van der Waals surface area contributed by atoms with E-state index in [1.165, 1.54) is 32.1 Å². The van der Waals surface area contributed by atoms with Gasteiger partial charge in [0.25, 0.3) is 0 Å². The molecular weight excluding hydrogens is 192 g/mol. The van der Waals surface area contributed by atoms with Gasteiger partial charge in [-0.1, -0.05) is 58.1 Å². The van der Waals surface area contributed by atoms with Crippen LogP contribution in [0.3, 0.4) is 0 Å². The quantitative estimate of drug-likeness (QED) is 0.483. The van der Waals surface area contributed by atoms with E-state index in [2.05, 4.69) is 41.5 Å². The van der Waals surface area contributed by atoms with Gasteiger partial charge in [-0.25, -0.2) is 0 Å². The highest BCUT2D eigenvalue weighted by Crippen LogP contribution is 2.69. The zero-order valence-corrected chi connectivity index (χ0v) is 12.0. The van der Waals surface area contributed by atoms with Crippen molar-refractivity contribution in [3.05, 3.63) is 11.1 Å². The standard InChI is InChI=1S/C16H28/c1-12-13(2)15(5,6)16(14(12,3)4)10-8-7-9-11-16/h7-11H2,1-6H3. The van der Waals surface area contributed by atoms with Crippen molar-refractivity contribution in [3.63, 3.8) is 0 Å². The third kappa shape index (κ3) is 1.17. The van der Waals surface area contributed by atoms with Crippen LogP contribution in [0.25, 0.3) is 0 Å². The molecule has 92 valence electrons. The lowest BCUT2D eigenvalue weighted by Gasteiger charge is -2.53. The fraction of sp³-hybridized carbons (Fsp3) is 0.875. The first-order chi connectivity index (χ1) is 7.27. The van der Waals surface area contributed by atoms with Crippen molar-refractivity contribution in [2.24, 2.45) is 16.2 Å². The minimum Gasteiger partial charge on any atom is -0.0676 e. The number of allylic oxidation sites excluding steroid dienone is 2. The molecule has 0 unspecified atom stereocenters. The molecule has 2 aliphatic carbocycles. The molecule has 0 N–H and O–H groups in total. The van der Waals surface area contributed by atoms with E-state index in [9.17, 15) is 0 Å². The van der Waals surface area contributed by atoms with Crippen LogP contribution in [0.15, 0.2) is 11.1 Å². The average molecular weight is 220 g/mol. The van der Waals surface area contributed by atoms with Crippen molar-refractivity contribution in [2.75, 3.05) is 0 Å². The molecule has 2 rings (SSSR count). The maximum atomic E-state index is 2.49. The van der Waals surface area contributed by atoms with Gasteiger partial charge in [-0.15, -0.1) is 0 Å². The summed E-state index contributed by atoms with van der Waals surface area (Å²) < 4.78 is 0. The van der Waals surface area contributed by atoms with Crippen LogP contribution in [0, 0.1) is 16.2 Å². The van der Waals surface area contributed by atoms with Crippen molar-refractivity contribution in [1.29, 1.82) is 0 Å². The van der Waals surface area contributed by atoms with Crippen molar-refractivity contribution >= 4 is 0 Å². The SMILES string of the molecule is CC1=C(C)C(C)(C)C2(CCCCC2)C1(C)C. The monoisotopic (exact) mass is 220 g/mol. The molecule has 0 radical (unpaired) electrons. The van der Waals surface area contributed by atoms with Gasteiger partial charge in [0.2, 0.25) is 0 Å². The van der Waals surface area contributed by atoms with Crippen molar-refractivity contribution < 1.29 is 0 Å². The van der Waals surface area contributed by atoms with Crippen LogP contribution in [0.4, 0.5) is 0 Å². The molecule has 0 atom stereocenters. The van der Waals surface area contributed by atoms with E-state index in [0.717, 1.165) is 0 Å². The Labute approximate surface area is 102 Å². The Morgan fingerprint density at radius 1 is 0.688 bits per heavy atom. The summed E-state index contributed by atoms with van der Waals surface area (Å²) in [6, 6.07) is 0.